The van der Waals surface area contributed by atoms with Crippen LogP contribution in [0.1, 0.15) is 43.6 Å². The molecule has 0 saturated heterocycles. The number of carbonyl (C=O) groups excluding carboxylic acids is 1. The van der Waals surface area contributed by atoms with Gasteiger partial charge in [-0.3, -0.25) is 0 Å². The van der Waals surface area contributed by atoms with Crippen LogP contribution in [-0.2, 0) is 4.79 Å². The number of aromatic nitrogens is 1. The molecule has 1 aliphatic heterocycles. The zero-order chi connectivity index (χ0) is 17.1. The smallest absolute Gasteiger partial charge is 0.253 e. The van der Waals surface area contributed by atoms with Crippen molar-refractivity contribution in [1.82, 2.24) is 9.71 Å². The van der Waals surface area contributed by atoms with Crippen molar-refractivity contribution >= 4 is 11.5 Å². The molecule has 0 spiro atoms. The average molecular weight is 320 g/mol. The molecule has 0 unspecified atom stereocenters. The fourth-order valence-electron chi connectivity index (χ4n) is 3.74. The van der Waals surface area contributed by atoms with E-state index in [1.165, 1.54) is 0 Å². The number of hydrogen-bond donors (Lipinski definition) is 0. The van der Waals surface area contributed by atoms with Gasteiger partial charge in [-0.1, -0.05) is 0 Å². The van der Waals surface area contributed by atoms with Gasteiger partial charge in [-0.2, -0.15) is 0 Å². The molecule has 23 heavy (non-hydrogen) atoms. The van der Waals surface area contributed by atoms with Gasteiger partial charge in [-0.05, 0) is 69.4 Å². The molecule has 0 amide bonds. The molecule has 3 rings (SSSR count). The molecular weight excluding hydrogens is 302 g/mol. The van der Waals surface area contributed by atoms with E-state index in [9.17, 15) is 9.90 Å². The Kier molecular flexibility index (Phi) is 3.33. The minimum Gasteiger partial charge on any atom is -0.550 e. The number of quaternary nitrogens is 1. The van der Waals surface area contributed by atoms with E-state index in [1.54, 1.807) is 39.8 Å². The fourth-order valence-corrected chi connectivity index (χ4v) is 3.74. The van der Waals surface area contributed by atoms with Gasteiger partial charge in [0.1, 0.15) is 5.69 Å². The number of rotatable bonds is 3. The zero-order valence-electron chi connectivity index (χ0n) is 13.5. The summed E-state index contributed by atoms with van der Waals surface area (Å²) in [5.41, 5.74) is 3.89. The number of nitrogens with zero attached hydrogens (tertiary/aromatic N) is 2. The van der Waals surface area contributed by atoms with Gasteiger partial charge in [0.15, 0.2) is 5.04 Å². The largest absolute Gasteiger partial charge is 0.550 e. The Morgan fingerprint density at radius 1 is 1.26 bits per heavy atom. The molecule has 2 heterocycles. The summed E-state index contributed by atoms with van der Waals surface area (Å²) in [6.07, 6.45) is 1.71. The fraction of sp³-hybridized carbons (Fsp3) is 0.353. The van der Waals surface area contributed by atoms with Crippen LogP contribution in [0.5, 0.6) is 0 Å². The molecule has 0 bridgehead atoms. The standard InChI is InChI=1S/C17H18F2N2O2/c1-9-7-11(3)17-15(9)13(5-6-14(22)23)16-10(2)8-12(4)20(16)21(17,18)19/h7-8H,5-6H2,1-4H3. The van der Waals surface area contributed by atoms with Gasteiger partial charge in [-0.25, -0.2) is 0 Å². The Balaban J connectivity index is 2.34. The molecule has 6 heteroatoms. The zero-order valence-corrected chi connectivity index (χ0v) is 13.5. The topological polar surface area (TPSA) is 45.1 Å². The van der Waals surface area contributed by atoms with Crippen molar-refractivity contribution in [2.45, 2.75) is 40.5 Å². The van der Waals surface area contributed by atoms with E-state index >= 15 is 8.96 Å². The molecule has 0 saturated carbocycles. The number of aryl methyl sites for hydroxylation is 2. The first kappa shape index (κ1) is 15.7. The monoisotopic (exact) mass is 320 g/mol. The van der Waals surface area contributed by atoms with Crippen molar-refractivity contribution in [3.05, 3.63) is 51.5 Å². The third kappa shape index (κ3) is 2.09. The molecule has 0 fully saturated rings. The molecule has 0 aromatic carbocycles. The summed E-state index contributed by atoms with van der Waals surface area (Å²) < 4.78 is 31.1. The molecule has 1 aliphatic carbocycles. The first-order chi connectivity index (χ1) is 10.7. The highest BCUT2D eigenvalue weighted by Crippen LogP contribution is 2.48. The van der Waals surface area contributed by atoms with Gasteiger partial charge < -0.3 is 9.90 Å². The minimum absolute atomic E-state index is 0.0675. The van der Waals surface area contributed by atoms with Crippen LogP contribution >= 0.6 is 0 Å². The molecular formula is C17H18F2N2O2. The van der Waals surface area contributed by atoms with Gasteiger partial charge in [0, 0.05) is 11.5 Å². The van der Waals surface area contributed by atoms with Gasteiger partial charge in [0.2, 0.25) is 0 Å². The number of fused-ring (bicyclic) bond motifs is 2. The first-order valence-corrected chi connectivity index (χ1v) is 7.48. The lowest BCUT2D eigenvalue weighted by atomic mass is 9.92. The Bertz CT molecular complexity index is 826. The number of carboxylic acids is 1. The predicted molar refractivity (Wildman–Crippen MR) is 81.3 cm³/mol. The normalized spacial score (nSPS) is 19.0. The number of allylic oxidation sites excluding steroid dienone is 4. The summed E-state index contributed by atoms with van der Waals surface area (Å²) in [7, 11) is 0. The van der Waals surface area contributed by atoms with Gasteiger partial charge in [0.05, 0.1) is 20.2 Å². The molecule has 122 valence electrons. The summed E-state index contributed by atoms with van der Waals surface area (Å²) in [6.45, 7) is 6.85. The maximum Gasteiger partial charge on any atom is 0.253 e. The lowest BCUT2D eigenvalue weighted by molar-refractivity contribution is -0.305. The van der Waals surface area contributed by atoms with E-state index in [0.717, 1.165) is 15.8 Å². The van der Waals surface area contributed by atoms with Crippen LogP contribution in [0.25, 0.3) is 5.57 Å². The van der Waals surface area contributed by atoms with E-state index in [4.69, 9.17) is 0 Å². The predicted octanol–water partition coefficient (Wildman–Crippen LogP) is 2.84. The summed E-state index contributed by atoms with van der Waals surface area (Å²) in [5, 5.41) is 8.53. The SMILES string of the molecule is CC1=CC(C)=C2C1=C(CCC(=O)[O-])c1c(C)cc(C)n1[N+]2(F)F. The second-order valence-electron chi connectivity index (χ2n) is 6.20. The maximum absolute atomic E-state index is 15.1. The molecule has 0 radical (unpaired) electrons. The van der Waals surface area contributed by atoms with Crippen LogP contribution in [0.4, 0.5) is 8.96 Å². The van der Waals surface area contributed by atoms with E-state index in [0.29, 0.717) is 28.1 Å². The number of carboxylic acid groups (broad SMARTS) is 1. The third-order valence-corrected chi connectivity index (χ3v) is 4.47. The van der Waals surface area contributed by atoms with Crippen molar-refractivity contribution in [2.75, 3.05) is 0 Å². The molecule has 1 aromatic heterocycles. The van der Waals surface area contributed by atoms with Crippen LogP contribution in [0.3, 0.4) is 0 Å². The molecule has 2 aliphatic rings. The molecule has 0 atom stereocenters. The third-order valence-electron chi connectivity index (χ3n) is 4.47. The van der Waals surface area contributed by atoms with Crippen molar-refractivity contribution in [1.29, 1.82) is 0 Å². The van der Waals surface area contributed by atoms with E-state index < -0.39 is 11.0 Å². The summed E-state index contributed by atoms with van der Waals surface area (Å²) in [4.78, 5) is 10.9. The van der Waals surface area contributed by atoms with Crippen LogP contribution in [0, 0.1) is 13.8 Å². The Morgan fingerprint density at radius 2 is 1.91 bits per heavy atom. The minimum atomic E-state index is -2.36. The van der Waals surface area contributed by atoms with Crippen molar-refractivity contribution in [3.8, 4) is 0 Å². The summed E-state index contributed by atoms with van der Waals surface area (Å²) in [5.74, 6) is -1.18. The Hall–Kier alpha value is -2.21. The second-order valence-corrected chi connectivity index (χ2v) is 6.20. The Morgan fingerprint density at radius 3 is 2.52 bits per heavy atom. The highest BCUT2D eigenvalue weighted by molar-refractivity contribution is 5.83. The van der Waals surface area contributed by atoms with Crippen molar-refractivity contribution in [2.24, 2.45) is 0 Å². The Labute approximate surface area is 133 Å². The quantitative estimate of drug-likeness (QED) is 0.804. The van der Waals surface area contributed by atoms with E-state index in [1.807, 2.05) is 0 Å². The number of aliphatic carboxylic acids is 1. The molecule has 1 aromatic rings. The van der Waals surface area contributed by atoms with E-state index in [-0.39, 0.29) is 18.5 Å². The first-order valence-electron chi connectivity index (χ1n) is 7.48. The average Bonchev–Trinajstić information content (AvgIpc) is 2.88. The van der Waals surface area contributed by atoms with Crippen LogP contribution in [0.2, 0.25) is 0 Å². The van der Waals surface area contributed by atoms with E-state index in [2.05, 4.69) is 0 Å². The van der Waals surface area contributed by atoms with Gasteiger partial charge >= 0.3 is 0 Å². The van der Waals surface area contributed by atoms with Crippen LogP contribution in [-0.4, -0.2) is 10.6 Å². The van der Waals surface area contributed by atoms with Gasteiger partial charge in [-0.15, -0.1) is 4.68 Å². The summed E-state index contributed by atoms with van der Waals surface area (Å²) >= 11 is 0. The van der Waals surface area contributed by atoms with Crippen molar-refractivity contribution < 1.29 is 18.9 Å². The molecule has 4 nitrogen and oxygen atoms in total. The maximum atomic E-state index is 15.1. The number of halogens is 2. The van der Waals surface area contributed by atoms with Crippen LogP contribution < -0.4 is 10.1 Å². The highest BCUT2D eigenvalue weighted by atomic mass is 19.4. The number of carbonyl (C=O) groups is 1. The number of hydrogen-bond acceptors (Lipinski definition) is 2. The van der Waals surface area contributed by atoms with Crippen molar-refractivity contribution in [3.63, 3.8) is 0 Å². The van der Waals surface area contributed by atoms with Crippen LogP contribution in [0.15, 0.2) is 34.6 Å². The van der Waals surface area contributed by atoms with Gasteiger partial charge in [0.25, 0.3) is 5.70 Å². The lowest BCUT2D eigenvalue weighted by Crippen LogP contribution is -2.46. The highest BCUT2D eigenvalue weighted by Gasteiger charge is 2.52. The second kappa shape index (κ2) is 4.89. The summed E-state index contributed by atoms with van der Waals surface area (Å²) in [6, 6.07) is 1.71. The lowest BCUT2D eigenvalue weighted by Gasteiger charge is -2.28. The molecule has 0 N–H and O–H groups in total.